The molecule has 26 heavy (non-hydrogen) atoms. The zero-order valence-electron chi connectivity index (χ0n) is 13.7. The number of imidazole rings is 1. The number of carbonyl (C=O) groups is 1. The number of rotatable bonds is 5. The van der Waals surface area contributed by atoms with Gasteiger partial charge in [0.1, 0.15) is 0 Å². The van der Waals surface area contributed by atoms with E-state index in [1.165, 1.54) is 23.9 Å². The van der Waals surface area contributed by atoms with E-state index >= 15 is 0 Å². The summed E-state index contributed by atoms with van der Waals surface area (Å²) >= 11 is 1.22. The van der Waals surface area contributed by atoms with Crippen molar-refractivity contribution in [2.45, 2.75) is 29.9 Å². The van der Waals surface area contributed by atoms with E-state index < -0.39 is 17.0 Å². The molecule has 0 aliphatic rings. The molecule has 0 aliphatic heterocycles. The number of alkyl halides is 3. The van der Waals surface area contributed by atoms with Crippen LogP contribution in [0.5, 0.6) is 0 Å². The van der Waals surface area contributed by atoms with Crippen LogP contribution >= 0.6 is 11.8 Å². The first-order valence-corrected chi connectivity index (χ1v) is 8.69. The predicted octanol–water partition coefficient (Wildman–Crippen LogP) is 4.49. The molecule has 0 saturated carbocycles. The summed E-state index contributed by atoms with van der Waals surface area (Å²) in [6, 6.07) is 6.32. The van der Waals surface area contributed by atoms with Crippen LogP contribution in [-0.2, 0) is 11.0 Å². The smallest absolute Gasteiger partial charge is 0.332 e. The van der Waals surface area contributed by atoms with Crippen LogP contribution in [0.4, 0.5) is 18.9 Å². The summed E-state index contributed by atoms with van der Waals surface area (Å²) in [7, 11) is 0. The Kier molecular flexibility index (Phi) is 5.17. The first-order chi connectivity index (χ1) is 12.4. The van der Waals surface area contributed by atoms with Crippen LogP contribution in [0.25, 0.3) is 11.0 Å². The number of hydrogen-bond acceptors (Lipinski definition) is 4. The second kappa shape index (κ2) is 7.36. The molecule has 0 bridgehead atoms. The number of nitrogens with zero attached hydrogens (tertiary/aromatic N) is 2. The summed E-state index contributed by atoms with van der Waals surface area (Å²) in [5.41, 5.74) is 0.789. The maximum Gasteiger partial charge on any atom is 0.416 e. The summed E-state index contributed by atoms with van der Waals surface area (Å²) in [6.07, 6.45) is -0.710. The van der Waals surface area contributed by atoms with E-state index in [0.717, 1.165) is 23.2 Å². The molecule has 2 N–H and O–H groups in total. The van der Waals surface area contributed by atoms with Crippen LogP contribution in [0.15, 0.2) is 47.9 Å². The minimum atomic E-state index is -4.46. The van der Waals surface area contributed by atoms with Crippen molar-refractivity contribution in [1.29, 1.82) is 0 Å². The number of fused-ring (bicyclic) bond motifs is 1. The highest BCUT2D eigenvalue weighted by Gasteiger charge is 2.30. The molecule has 3 rings (SSSR count). The Morgan fingerprint density at radius 3 is 2.85 bits per heavy atom. The number of nitrogens with one attached hydrogen (secondary N) is 2. The van der Waals surface area contributed by atoms with Gasteiger partial charge in [-0.05, 0) is 30.7 Å². The van der Waals surface area contributed by atoms with Gasteiger partial charge in [0.25, 0.3) is 0 Å². The van der Waals surface area contributed by atoms with Gasteiger partial charge in [0.05, 0.1) is 28.0 Å². The van der Waals surface area contributed by atoms with Crippen molar-refractivity contribution in [1.82, 2.24) is 15.0 Å². The largest absolute Gasteiger partial charge is 0.416 e. The molecule has 0 unspecified atom stereocenters. The molecule has 136 valence electrons. The number of pyridine rings is 1. The van der Waals surface area contributed by atoms with Gasteiger partial charge in [-0.25, -0.2) is 4.98 Å². The van der Waals surface area contributed by atoms with E-state index in [0.29, 0.717) is 11.6 Å². The molecule has 2 heterocycles. The number of aromatic nitrogens is 3. The van der Waals surface area contributed by atoms with E-state index in [1.54, 1.807) is 18.5 Å². The molecule has 1 aromatic carbocycles. The molecule has 0 aliphatic carbocycles. The minimum Gasteiger partial charge on any atom is -0.332 e. The summed E-state index contributed by atoms with van der Waals surface area (Å²) < 4.78 is 38.4. The van der Waals surface area contributed by atoms with Gasteiger partial charge < -0.3 is 10.3 Å². The number of H-pyrrole nitrogens is 1. The standard InChI is InChI=1S/C17H15F3N4OS/c1-2-14(26-16-23-12-6-7-21-9-13(12)24-16)15(25)22-11-5-3-4-10(8-11)17(18,19)20/h3-9,14H,2H2,1H3,(H,22,25)(H,23,24)/t14-/m1/s1. The van der Waals surface area contributed by atoms with Crippen molar-refractivity contribution in [3.63, 3.8) is 0 Å². The lowest BCUT2D eigenvalue weighted by Gasteiger charge is -2.14. The summed E-state index contributed by atoms with van der Waals surface area (Å²) in [5.74, 6) is -0.379. The second-order valence-corrected chi connectivity index (χ2v) is 6.71. The average molecular weight is 380 g/mol. The Labute approximate surface area is 151 Å². The Balaban J connectivity index is 1.73. The van der Waals surface area contributed by atoms with E-state index in [9.17, 15) is 18.0 Å². The number of carbonyl (C=O) groups excluding carboxylic acids is 1. The maximum atomic E-state index is 12.8. The lowest BCUT2D eigenvalue weighted by molar-refractivity contribution is -0.137. The third-order valence-corrected chi connectivity index (χ3v) is 4.88. The summed E-state index contributed by atoms with van der Waals surface area (Å²) in [6.45, 7) is 1.83. The predicted molar refractivity (Wildman–Crippen MR) is 93.9 cm³/mol. The van der Waals surface area contributed by atoms with Crippen molar-refractivity contribution in [2.75, 3.05) is 5.32 Å². The molecule has 0 spiro atoms. The van der Waals surface area contributed by atoms with Crippen LogP contribution in [0, 0.1) is 0 Å². The number of halogens is 3. The molecule has 9 heteroatoms. The fourth-order valence-corrected chi connectivity index (χ4v) is 3.26. The lowest BCUT2D eigenvalue weighted by atomic mass is 10.2. The summed E-state index contributed by atoms with van der Waals surface area (Å²) in [4.78, 5) is 23.9. The van der Waals surface area contributed by atoms with Gasteiger partial charge in [0.2, 0.25) is 5.91 Å². The van der Waals surface area contributed by atoms with Gasteiger partial charge in [0.15, 0.2) is 5.16 Å². The Bertz CT molecular complexity index is 893. The van der Waals surface area contributed by atoms with Gasteiger partial charge >= 0.3 is 6.18 Å². The molecular formula is C17H15F3N4OS. The fraction of sp³-hybridized carbons (Fsp3) is 0.235. The van der Waals surface area contributed by atoms with E-state index in [2.05, 4.69) is 20.3 Å². The highest BCUT2D eigenvalue weighted by Crippen LogP contribution is 2.31. The topological polar surface area (TPSA) is 70.7 Å². The SMILES string of the molecule is CC[C@@H](Sc1nc2ccncc2[nH]1)C(=O)Nc1cccc(C(F)(F)F)c1. The van der Waals surface area contributed by atoms with Crippen LogP contribution in [-0.4, -0.2) is 26.1 Å². The number of hydrogen-bond donors (Lipinski definition) is 2. The highest BCUT2D eigenvalue weighted by atomic mass is 32.2. The van der Waals surface area contributed by atoms with Crippen molar-refractivity contribution < 1.29 is 18.0 Å². The van der Waals surface area contributed by atoms with E-state index in [4.69, 9.17) is 0 Å². The Hall–Kier alpha value is -2.55. The van der Waals surface area contributed by atoms with Gasteiger partial charge in [-0.15, -0.1) is 0 Å². The first-order valence-electron chi connectivity index (χ1n) is 7.81. The fourth-order valence-electron chi connectivity index (χ4n) is 2.34. The molecule has 0 radical (unpaired) electrons. The van der Waals surface area contributed by atoms with Gasteiger partial charge in [-0.3, -0.25) is 9.78 Å². The summed E-state index contributed by atoms with van der Waals surface area (Å²) in [5, 5.41) is 2.60. The molecular weight excluding hydrogens is 365 g/mol. The van der Waals surface area contributed by atoms with Gasteiger partial charge in [0, 0.05) is 11.9 Å². The van der Waals surface area contributed by atoms with Crippen molar-refractivity contribution in [3.8, 4) is 0 Å². The zero-order chi connectivity index (χ0) is 18.7. The molecule has 1 atom stereocenters. The number of aromatic amines is 1. The third-order valence-electron chi connectivity index (χ3n) is 3.64. The van der Waals surface area contributed by atoms with Crippen molar-refractivity contribution in [2.24, 2.45) is 0 Å². The van der Waals surface area contributed by atoms with Gasteiger partial charge in [-0.1, -0.05) is 24.8 Å². The van der Waals surface area contributed by atoms with Crippen LogP contribution < -0.4 is 5.32 Å². The number of amides is 1. The Morgan fingerprint density at radius 1 is 1.35 bits per heavy atom. The molecule has 1 amide bonds. The lowest BCUT2D eigenvalue weighted by Crippen LogP contribution is -2.24. The maximum absolute atomic E-state index is 12.8. The van der Waals surface area contributed by atoms with Crippen LogP contribution in [0.3, 0.4) is 0 Å². The van der Waals surface area contributed by atoms with Crippen LogP contribution in [0.1, 0.15) is 18.9 Å². The number of benzene rings is 1. The normalized spacial score (nSPS) is 12.9. The molecule has 0 saturated heterocycles. The zero-order valence-corrected chi connectivity index (χ0v) is 14.5. The van der Waals surface area contributed by atoms with Crippen molar-refractivity contribution in [3.05, 3.63) is 48.3 Å². The van der Waals surface area contributed by atoms with E-state index in [-0.39, 0.29) is 11.6 Å². The number of anilines is 1. The van der Waals surface area contributed by atoms with Crippen molar-refractivity contribution >= 4 is 34.4 Å². The molecule has 3 aromatic rings. The monoisotopic (exact) mass is 380 g/mol. The highest BCUT2D eigenvalue weighted by molar-refractivity contribution is 8.00. The molecule has 0 fully saturated rings. The van der Waals surface area contributed by atoms with Gasteiger partial charge in [-0.2, -0.15) is 13.2 Å². The average Bonchev–Trinajstić information content (AvgIpc) is 3.01. The number of thioether (sulfide) groups is 1. The van der Waals surface area contributed by atoms with Crippen LogP contribution in [0.2, 0.25) is 0 Å². The van der Waals surface area contributed by atoms with E-state index in [1.807, 2.05) is 6.92 Å². The molecule has 2 aromatic heterocycles. The second-order valence-electron chi connectivity index (χ2n) is 5.52. The third kappa shape index (κ3) is 4.16. The minimum absolute atomic E-state index is 0.109. The Morgan fingerprint density at radius 2 is 2.15 bits per heavy atom. The molecule has 5 nitrogen and oxygen atoms in total. The quantitative estimate of drug-likeness (QED) is 0.640. The first kappa shape index (κ1) is 18.2.